The van der Waals surface area contributed by atoms with Crippen LogP contribution in [0.15, 0.2) is 103 Å². The van der Waals surface area contributed by atoms with E-state index in [2.05, 4.69) is 32.0 Å². The summed E-state index contributed by atoms with van der Waals surface area (Å²) in [5.74, 6) is 0.313. The summed E-state index contributed by atoms with van der Waals surface area (Å²) in [6, 6.07) is 19.9. The first kappa shape index (κ1) is 63.2. The van der Waals surface area contributed by atoms with Crippen molar-refractivity contribution in [1.29, 1.82) is 0 Å². The number of amides is 3. The number of alkyl halides is 5. The maximum atomic E-state index is 12.5. The molecule has 2 aliphatic heterocycles. The van der Waals surface area contributed by atoms with Crippen LogP contribution in [0.2, 0.25) is 10.0 Å². The Bertz CT molecular complexity index is 2670. The molecule has 3 aromatic carbocycles. The third kappa shape index (κ3) is 19.3. The number of aliphatic hydroxyl groups is 6. The molecule has 0 spiro atoms. The van der Waals surface area contributed by atoms with Gasteiger partial charge in [-0.25, -0.2) is 9.59 Å². The number of carbonyl (C=O) groups is 2. The lowest BCUT2D eigenvalue weighted by atomic mass is 9.98. The molecule has 0 radical (unpaired) electrons. The number of hydrogen-bond donors (Lipinski definition) is 9. The zero-order valence-corrected chi connectivity index (χ0v) is 44.1. The highest BCUT2D eigenvalue weighted by Crippen LogP contribution is 2.36. The first-order valence-electron chi connectivity index (χ1n) is 22.5. The van der Waals surface area contributed by atoms with Crippen LogP contribution in [0.4, 0.5) is 34.1 Å². The van der Waals surface area contributed by atoms with Gasteiger partial charge in [0, 0.05) is 59.6 Å². The Morgan fingerprint density at radius 2 is 1.27 bits per heavy atom. The molecule has 0 bridgehead atoms. The van der Waals surface area contributed by atoms with Gasteiger partial charge in [-0.3, -0.25) is 15.3 Å². The number of halogens is 8. The maximum absolute atomic E-state index is 12.5. The number of ether oxygens (including phenoxy) is 1. The highest BCUT2D eigenvalue weighted by molar-refractivity contribution is 6.40. The number of nitrogens with zero attached hydrogens (tertiary/aromatic N) is 3. The lowest BCUT2D eigenvalue weighted by Crippen LogP contribution is -2.38. The molecule has 4 heterocycles. The number of urea groups is 1. The van der Waals surface area contributed by atoms with Crippen LogP contribution < -0.4 is 20.7 Å². The number of rotatable bonds is 11. The van der Waals surface area contributed by atoms with Gasteiger partial charge in [0.2, 0.25) is 0 Å². The molecule has 0 aliphatic carbocycles. The molecule has 4 atom stereocenters. The number of benzene rings is 3. The molecule has 0 fully saturated rings. The van der Waals surface area contributed by atoms with Crippen molar-refractivity contribution >= 4 is 93.5 Å². The van der Waals surface area contributed by atoms with Gasteiger partial charge in [0.25, 0.3) is 0 Å². The van der Waals surface area contributed by atoms with E-state index in [1.165, 1.54) is 11.8 Å². The van der Waals surface area contributed by atoms with E-state index in [4.69, 9.17) is 61.4 Å². The van der Waals surface area contributed by atoms with E-state index >= 15 is 0 Å². The molecule has 9 N–H and O–H groups in total. The van der Waals surface area contributed by atoms with Crippen molar-refractivity contribution in [2.75, 3.05) is 55.4 Å². The molecule has 0 saturated carbocycles. The molecular formula is C51H58Cl5F3N6O9. The second-order valence-corrected chi connectivity index (χ2v) is 18.0. The van der Waals surface area contributed by atoms with Crippen LogP contribution in [0.5, 0.6) is 5.75 Å². The average molecular weight is 1130 g/mol. The molecule has 23 heteroatoms. The number of nitrogens with one attached hydrogen (secondary N) is 3. The van der Waals surface area contributed by atoms with E-state index < -0.39 is 60.5 Å². The molecule has 15 nitrogen and oxygen atoms in total. The minimum Gasteiger partial charge on any atom is -0.410 e. The number of para-hydroxylation sites is 1. The Hall–Kier alpha value is -5.06. The lowest BCUT2D eigenvalue weighted by Gasteiger charge is -2.27. The highest BCUT2D eigenvalue weighted by Gasteiger charge is 2.33. The molecule has 3 amide bonds. The molecule has 7 rings (SSSR count). The molecule has 2 aromatic heterocycles. The van der Waals surface area contributed by atoms with Gasteiger partial charge in [0.05, 0.1) is 40.5 Å². The van der Waals surface area contributed by atoms with Crippen molar-refractivity contribution in [3.05, 3.63) is 158 Å². The first-order valence-corrected chi connectivity index (χ1v) is 24.3. The van der Waals surface area contributed by atoms with Gasteiger partial charge < -0.3 is 50.9 Å². The lowest BCUT2D eigenvalue weighted by molar-refractivity contribution is -0.137. The monoisotopic (exact) mass is 1130 g/mol. The Kier molecular flexibility index (Phi) is 26.6. The van der Waals surface area contributed by atoms with Crippen molar-refractivity contribution in [1.82, 2.24) is 20.2 Å². The van der Waals surface area contributed by atoms with E-state index in [0.29, 0.717) is 47.1 Å². The summed E-state index contributed by atoms with van der Waals surface area (Å²) >= 11 is 21.2. The fourth-order valence-electron chi connectivity index (χ4n) is 7.17. The summed E-state index contributed by atoms with van der Waals surface area (Å²) in [4.78, 5) is 34.7. The summed E-state index contributed by atoms with van der Waals surface area (Å²) < 4.78 is 42.5. The first-order chi connectivity index (χ1) is 34.7. The molecule has 0 saturated heterocycles. The minimum atomic E-state index is -4.54. The number of anilines is 2. The largest absolute Gasteiger partial charge is 0.417 e. The zero-order chi connectivity index (χ0) is 53.8. The summed E-state index contributed by atoms with van der Waals surface area (Å²) in [5, 5.41) is 65.5. The van der Waals surface area contributed by atoms with Gasteiger partial charge in [-0.15, -0.1) is 35.6 Å². The van der Waals surface area contributed by atoms with Gasteiger partial charge >= 0.3 is 18.3 Å². The topological polar surface area (TPSA) is 230 Å². The summed E-state index contributed by atoms with van der Waals surface area (Å²) in [6.07, 6.45) is -1.33. The van der Waals surface area contributed by atoms with Gasteiger partial charge in [-0.1, -0.05) is 59.6 Å². The van der Waals surface area contributed by atoms with Crippen molar-refractivity contribution in [2.45, 2.75) is 64.2 Å². The van der Waals surface area contributed by atoms with Gasteiger partial charge in [-0.2, -0.15) is 13.2 Å². The van der Waals surface area contributed by atoms with Crippen LogP contribution >= 0.6 is 58.8 Å². The molecule has 402 valence electrons. The molecule has 2 aliphatic rings. The predicted molar refractivity (Wildman–Crippen MR) is 285 cm³/mol. The minimum absolute atomic E-state index is 0. The number of aromatic nitrogens is 2. The number of aliphatic hydroxyl groups excluding tert-OH is 6. The predicted octanol–water partition coefficient (Wildman–Crippen LogP) is 10.0. The van der Waals surface area contributed by atoms with Gasteiger partial charge in [0.1, 0.15) is 30.2 Å². The summed E-state index contributed by atoms with van der Waals surface area (Å²) in [7, 11) is 0. The Balaban J connectivity index is 0.000000291. The fraction of sp³-hybridized carbons (Fsp3) is 0.333. The van der Waals surface area contributed by atoms with Crippen molar-refractivity contribution in [3.63, 3.8) is 0 Å². The summed E-state index contributed by atoms with van der Waals surface area (Å²) in [6.45, 7) is 7.52. The van der Waals surface area contributed by atoms with E-state index in [0.717, 1.165) is 71.4 Å². The average Bonchev–Trinajstić information content (AvgIpc) is 3.37. The second-order valence-electron chi connectivity index (χ2n) is 16.4. The quantitative estimate of drug-likeness (QED) is 0.0563. The van der Waals surface area contributed by atoms with Crippen molar-refractivity contribution in [3.8, 4) is 5.75 Å². The van der Waals surface area contributed by atoms with E-state index in [9.17, 15) is 43.2 Å². The van der Waals surface area contributed by atoms with E-state index in [1.807, 2.05) is 45.0 Å². The van der Waals surface area contributed by atoms with Crippen molar-refractivity contribution in [2.24, 2.45) is 0 Å². The Morgan fingerprint density at radius 3 is 1.73 bits per heavy atom. The number of hydrogen-bond acceptors (Lipinski definition) is 12. The second kappa shape index (κ2) is 31.1. The third-order valence-corrected chi connectivity index (χ3v) is 11.8. The van der Waals surface area contributed by atoms with Crippen LogP contribution in [0.3, 0.4) is 0 Å². The normalized spacial score (nSPS) is 14.7. The molecule has 74 heavy (non-hydrogen) atoms. The zero-order valence-electron chi connectivity index (χ0n) is 40.3. The fourth-order valence-corrected chi connectivity index (χ4v) is 7.64. The molecule has 5 aromatic rings. The molecule has 0 unspecified atom stereocenters. The number of pyridine rings is 2. The van der Waals surface area contributed by atoms with E-state index in [1.54, 1.807) is 53.6 Å². The van der Waals surface area contributed by atoms with Gasteiger partial charge in [-0.05, 0) is 123 Å². The standard InChI is InChI=1S/C22H26ClN3O4.C14H9ClF3NO2.C14H20N2O3.CH2Cl2.ClH/c1-13-3-4-17(10-18(13)23)25-22(30)26-7-5-15(6-8-26)20-14(2)9-16(11-24-20)21(29)19(28)12-27;15-12-8-9(6-7-11(12)14(16,17)18)19-13(20)21-10-4-2-1-3-5-10;1-9-6-11(14(19)12(18)8-17)7-16-13(9)10-2-4-15-5-3-10;2-1-3;/h3-5,9-11,19,21,27-29H,6-8,12H2,1-2H3,(H,25,30);1-8H,(H,19,20);2,6-7,12,14-15,17-19H,3-5,8H2,1H3;1H2;1H/t19-,21-;;12-,14-;;/m0.0../s1. The highest BCUT2D eigenvalue weighted by atomic mass is 35.5. The van der Waals surface area contributed by atoms with Crippen LogP contribution in [0.25, 0.3) is 11.1 Å². The van der Waals surface area contributed by atoms with Crippen LogP contribution in [-0.2, 0) is 6.18 Å². The molecular weight excluding hydrogens is 1070 g/mol. The Morgan fingerprint density at radius 1 is 0.743 bits per heavy atom. The summed E-state index contributed by atoms with van der Waals surface area (Å²) in [5.41, 5.74) is 7.52. The van der Waals surface area contributed by atoms with Crippen molar-refractivity contribution < 1.29 is 58.1 Å². The number of carbonyl (C=O) groups excluding carboxylic acids is 2. The van der Waals surface area contributed by atoms with Crippen LogP contribution in [0.1, 0.15) is 69.8 Å². The number of aryl methyl sites for hydroxylation is 3. The smallest absolute Gasteiger partial charge is 0.410 e. The maximum Gasteiger partial charge on any atom is 0.417 e. The van der Waals surface area contributed by atoms with E-state index in [-0.39, 0.29) is 29.5 Å². The third-order valence-electron chi connectivity index (χ3n) is 11.1. The van der Waals surface area contributed by atoms with Gasteiger partial charge in [0.15, 0.2) is 0 Å². The van der Waals surface area contributed by atoms with Crippen LogP contribution in [0, 0.1) is 20.8 Å². The van der Waals surface area contributed by atoms with Crippen LogP contribution in [-0.4, -0.2) is 115 Å². The SMILES string of the molecule is Cc1cc([C@H](O)[C@@H](O)CO)cnc1C1=CCNCC1.Cc1ccc(NC(=O)N2CC=C(c3ncc([C@H](O)[C@@H](O)CO)cc3C)CC2)cc1Cl.Cl.ClCCl.O=C(Nc1ccc(C(F)(F)F)c(Cl)c1)Oc1ccccc1. The Labute approximate surface area is 453 Å².